The summed E-state index contributed by atoms with van der Waals surface area (Å²) in [6.45, 7) is -0.133. The Labute approximate surface area is 97.9 Å². The molecule has 0 saturated heterocycles. The summed E-state index contributed by atoms with van der Waals surface area (Å²) in [7, 11) is 1.63. The summed E-state index contributed by atoms with van der Waals surface area (Å²) in [5.74, 6) is 0.0719. The molecule has 6 heteroatoms. The number of aliphatic carboxylic acids is 1. The van der Waals surface area contributed by atoms with E-state index >= 15 is 0 Å². The minimum Gasteiger partial charge on any atom is -0.480 e. The quantitative estimate of drug-likeness (QED) is 0.821. The van der Waals surface area contributed by atoms with Gasteiger partial charge in [-0.25, -0.2) is 0 Å². The molecule has 6 nitrogen and oxygen atoms in total. The zero-order chi connectivity index (χ0) is 12.3. The maximum absolute atomic E-state index is 10.6. The topological polar surface area (TPSA) is 82.1 Å². The average Bonchev–Trinajstić information content (AvgIpc) is 2.78. The number of H-pyrrole nitrogens is 1. The number of anilines is 1. The Bertz CT molecular complexity index is 509. The highest BCUT2D eigenvalue weighted by atomic mass is 16.4. The smallest absolute Gasteiger partial charge is 0.323 e. The molecule has 0 unspecified atom stereocenters. The van der Waals surface area contributed by atoms with E-state index in [-0.39, 0.29) is 6.54 Å². The first-order valence-corrected chi connectivity index (χ1v) is 5.07. The van der Waals surface area contributed by atoms with Crippen molar-refractivity contribution in [3.63, 3.8) is 0 Å². The molecule has 0 amide bonds. The van der Waals surface area contributed by atoms with Crippen LogP contribution < -0.4 is 4.90 Å². The van der Waals surface area contributed by atoms with Gasteiger partial charge in [-0.3, -0.25) is 9.89 Å². The van der Waals surface area contributed by atoms with Crippen LogP contribution in [0.4, 0.5) is 5.95 Å². The molecule has 0 aliphatic heterocycles. The molecule has 0 aliphatic carbocycles. The molecular weight excluding hydrogens is 220 g/mol. The first-order chi connectivity index (χ1) is 8.16. The number of aromatic amines is 1. The fourth-order valence-corrected chi connectivity index (χ4v) is 1.42. The van der Waals surface area contributed by atoms with Crippen LogP contribution in [-0.2, 0) is 4.79 Å². The van der Waals surface area contributed by atoms with Crippen molar-refractivity contribution in [2.75, 3.05) is 18.5 Å². The molecule has 1 heterocycles. The van der Waals surface area contributed by atoms with Crippen molar-refractivity contribution >= 4 is 11.9 Å². The Morgan fingerprint density at radius 3 is 2.76 bits per heavy atom. The molecule has 0 fully saturated rings. The van der Waals surface area contributed by atoms with Gasteiger partial charge in [0.15, 0.2) is 5.82 Å². The number of hydrogen-bond acceptors (Lipinski definition) is 4. The SMILES string of the molecule is CN(CC(=O)O)c1n[nH]c(-c2ccccc2)n1. The van der Waals surface area contributed by atoms with Gasteiger partial charge in [-0.1, -0.05) is 30.3 Å². The third-order valence-corrected chi connectivity index (χ3v) is 2.23. The van der Waals surface area contributed by atoms with Gasteiger partial charge in [-0.15, -0.1) is 5.10 Å². The molecule has 17 heavy (non-hydrogen) atoms. The Kier molecular flexibility index (Phi) is 3.04. The molecule has 1 aromatic heterocycles. The van der Waals surface area contributed by atoms with Crippen LogP contribution in [0.15, 0.2) is 30.3 Å². The number of hydrogen-bond donors (Lipinski definition) is 2. The lowest BCUT2D eigenvalue weighted by Gasteiger charge is -2.10. The second-order valence-electron chi connectivity index (χ2n) is 3.60. The second-order valence-corrected chi connectivity index (χ2v) is 3.60. The fraction of sp³-hybridized carbons (Fsp3) is 0.182. The van der Waals surface area contributed by atoms with Gasteiger partial charge in [0, 0.05) is 12.6 Å². The third-order valence-electron chi connectivity index (χ3n) is 2.23. The predicted octanol–water partition coefficient (Wildman–Crippen LogP) is 0.992. The molecule has 0 spiro atoms. The van der Waals surface area contributed by atoms with Gasteiger partial charge in [0.05, 0.1) is 0 Å². The number of nitrogens with one attached hydrogen (secondary N) is 1. The van der Waals surface area contributed by atoms with Crippen LogP contribution in [0.25, 0.3) is 11.4 Å². The van der Waals surface area contributed by atoms with Gasteiger partial charge in [0.1, 0.15) is 6.54 Å². The lowest BCUT2D eigenvalue weighted by atomic mass is 10.2. The zero-order valence-corrected chi connectivity index (χ0v) is 9.29. The lowest BCUT2D eigenvalue weighted by molar-refractivity contribution is -0.135. The molecule has 0 saturated carbocycles. The first-order valence-electron chi connectivity index (χ1n) is 5.07. The van der Waals surface area contributed by atoms with E-state index in [2.05, 4.69) is 15.2 Å². The molecule has 2 aromatic rings. The second kappa shape index (κ2) is 4.65. The number of carbonyl (C=O) groups is 1. The number of benzene rings is 1. The summed E-state index contributed by atoms with van der Waals surface area (Å²) in [6, 6.07) is 9.53. The Morgan fingerprint density at radius 1 is 1.41 bits per heavy atom. The Morgan fingerprint density at radius 2 is 2.12 bits per heavy atom. The largest absolute Gasteiger partial charge is 0.480 e. The highest BCUT2D eigenvalue weighted by Gasteiger charge is 2.11. The molecular formula is C11H12N4O2. The monoisotopic (exact) mass is 232 g/mol. The maximum Gasteiger partial charge on any atom is 0.323 e. The molecule has 0 aliphatic rings. The van der Waals surface area contributed by atoms with Gasteiger partial charge < -0.3 is 10.0 Å². The molecule has 2 N–H and O–H groups in total. The van der Waals surface area contributed by atoms with Crippen LogP contribution in [0.5, 0.6) is 0 Å². The van der Waals surface area contributed by atoms with Crippen molar-refractivity contribution in [3.05, 3.63) is 30.3 Å². The van der Waals surface area contributed by atoms with Gasteiger partial charge in [0.25, 0.3) is 0 Å². The van der Waals surface area contributed by atoms with E-state index in [0.29, 0.717) is 11.8 Å². The third kappa shape index (κ3) is 2.60. The normalized spacial score (nSPS) is 10.2. The summed E-state index contributed by atoms with van der Waals surface area (Å²) < 4.78 is 0. The van der Waals surface area contributed by atoms with E-state index in [9.17, 15) is 4.79 Å². The summed E-state index contributed by atoms with van der Waals surface area (Å²) >= 11 is 0. The molecule has 88 valence electrons. The molecule has 0 radical (unpaired) electrons. The van der Waals surface area contributed by atoms with Crippen LogP contribution in [0.2, 0.25) is 0 Å². The Balaban J connectivity index is 2.19. The van der Waals surface area contributed by atoms with Crippen molar-refractivity contribution < 1.29 is 9.90 Å². The standard InChI is InChI=1S/C11H12N4O2/c1-15(7-9(16)17)11-12-10(13-14-11)8-5-3-2-4-6-8/h2-6H,7H2,1H3,(H,16,17)(H,12,13,14). The van der Waals surface area contributed by atoms with Crippen molar-refractivity contribution in [2.24, 2.45) is 0 Å². The van der Waals surface area contributed by atoms with Crippen LogP contribution >= 0.6 is 0 Å². The summed E-state index contributed by atoms with van der Waals surface area (Å²) in [4.78, 5) is 16.2. The first kappa shape index (κ1) is 11.1. The highest BCUT2D eigenvalue weighted by Crippen LogP contribution is 2.16. The van der Waals surface area contributed by atoms with E-state index in [4.69, 9.17) is 5.11 Å². The number of likely N-dealkylation sites (N-methyl/N-ethyl adjacent to an activating group) is 1. The number of carboxylic acids is 1. The summed E-state index contributed by atoms with van der Waals surface area (Å²) in [6.07, 6.45) is 0. The minimum absolute atomic E-state index is 0.133. The van der Waals surface area contributed by atoms with Crippen molar-refractivity contribution in [1.29, 1.82) is 0 Å². The van der Waals surface area contributed by atoms with Crippen LogP contribution in [-0.4, -0.2) is 39.8 Å². The fourth-order valence-electron chi connectivity index (χ4n) is 1.42. The number of rotatable bonds is 4. The lowest BCUT2D eigenvalue weighted by Crippen LogP contribution is -2.26. The molecule has 2 rings (SSSR count). The molecule has 0 atom stereocenters. The van der Waals surface area contributed by atoms with E-state index in [1.807, 2.05) is 30.3 Å². The van der Waals surface area contributed by atoms with E-state index in [0.717, 1.165) is 5.56 Å². The maximum atomic E-state index is 10.6. The Hall–Kier alpha value is -2.37. The van der Waals surface area contributed by atoms with Gasteiger partial charge in [-0.05, 0) is 0 Å². The van der Waals surface area contributed by atoms with E-state index in [1.54, 1.807) is 7.05 Å². The average molecular weight is 232 g/mol. The van der Waals surface area contributed by atoms with E-state index < -0.39 is 5.97 Å². The van der Waals surface area contributed by atoms with Gasteiger partial charge in [-0.2, -0.15) is 4.98 Å². The van der Waals surface area contributed by atoms with Crippen molar-refractivity contribution in [3.8, 4) is 11.4 Å². The van der Waals surface area contributed by atoms with Crippen LogP contribution in [0.3, 0.4) is 0 Å². The highest BCUT2D eigenvalue weighted by molar-refractivity contribution is 5.72. The number of carboxylic acid groups (broad SMARTS) is 1. The molecule has 1 aromatic carbocycles. The number of aromatic nitrogens is 3. The summed E-state index contributed by atoms with van der Waals surface area (Å²) in [5, 5.41) is 15.4. The van der Waals surface area contributed by atoms with Crippen LogP contribution in [0.1, 0.15) is 0 Å². The van der Waals surface area contributed by atoms with Crippen molar-refractivity contribution in [2.45, 2.75) is 0 Å². The minimum atomic E-state index is -0.918. The number of nitrogens with zero attached hydrogens (tertiary/aromatic N) is 3. The molecule has 0 bridgehead atoms. The van der Waals surface area contributed by atoms with Crippen LogP contribution in [0, 0.1) is 0 Å². The predicted molar refractivity (Wildman–Crippen MR) is 62.7 cm³/mol. The van der Waals surface area contributed by atoms with Crippen molar-refractivity contribution in [1.82, 2.24) is 15.2 Å². The summed E-state index contributed by atoms with van der Waals surface area (Å²) in [5.41, 5.74) is 0.912. The van der Waals surface area contributed by atoms with E-state index in [1.165, 1.54) is 4.90 Å². The van der Waals surface area contributed by atoms with Gasteiger partial charge in [0.2, 0.25) is 5.95 Å². The van der Waals surface area contributed by atoms with Gasteiger partial charge >= 0.3 is 5.97 Å². The zero-order valence-electron chi connectivity index (χ0n) is 9.29.